The van der Waals surface area contributed by atoms with Crippen molar-refractivity contribution >= 4 is 11.8 Å². The zero-order valence-electron chi connectivity index (χ0n) is 16.6. The van der Waals surface area contributed by atoms with Gasteiger partial charge >= 0.3 is 0 Å². The summed E-state index contributed by atoms with van der Waals surface area (Å²) in [6, 6.07) is 25.8. The van der Waals surface area contributed by atoms with Gasteiger partial charge in [0.05, 0.1) is 0 Å². The van der Waals surface area contributed by atoms with E-state index in [0.29, 0.717) is 18.5 Å². The van der Waals surface area contributed by atoms with E-state index in [9.17, 15) is 9.59 Å². The van der Waals surface area contributed by atoms with Crippen molar-refractivity contribution < 1.29 is 9.59 Å². The summed E-state index contributed by atoms with van der Waals surface area (Å²) in [7, 11) is 0. The highest BCUT2D eigenvalue weighted by Crippen LogP contribution is 2.22. The minimum Gasteiger partial charge on any atom is -0.369 e. The Labute approximate surface area is 171 Å². The van der Waals surface area contributed by atoms with Crippen molar-refractivity contribution in [2.75, 3.05) is 6.54 Å². The maximum Gasteiger partial charge on any atom is 0.251 e. The largest absolute Gasteiger partial charge is 0.369 e. The maximum atomic E-state index is 12.1. The molecule has 148 valence electrons. The van der Waals surface area contributed by atoms with E-state index in [1.807, 2.05) is 55.5 Å². The van der Waals surface area contributed by atoms with Crippen molar-refractivity contribution in [2.45, 2.75) is 19.8 Å². The van der Waals surface area contributed by atoms with Crippen LogP contribution in [0.15, 0.2) is 78.9 Å². The summed E-state index contributed by atoms with van der Waals surface area (Å²) in [4.78, 5) is 23.4. The average molecular weight is 386 g/mol. The highest BCUT2D eigenvalue weighted by Gasteiger charge is 2.10. The molecule has 0 heterocycles. The molecule has 2 amide bonds. The lowest BCUT2D eigenvalue weighted by Gasteiger charge is -2.10. The molecule has 3 N–H and O–H groups in total. The first-order valence-electron chi connectivity index (χ1n) is 9.84. The van der Waals surface area contributed by atoms with Gasteiger partial charge in [-0.1, -0.05) is 73.7 Å². The molecule has 4 nitrogen and oxygen atoms in total. The predicted molar refractivity (Wildman–Crippen MR) is 116 cm³/mol. The quantitative estimate of drug-likeness (QED) is 0.614. The van der Waals surface area contributed by atoms with Crippen LogP contribution >= 0.6 is 0 Å². The van der Waals surface area contributed by atoms with E-state index >= 15 is 0 Å². The standard InChI is InChI=1S/C25H26N2O2/c1-18(24(26)28)16-20-10-12-21(13-11-20)23-9-5-6-19(17-23)14-15-27-25(29)22-7-3-2-4-8-22/h2-13,17-18H,14-16H2,1H3,(H2,26,28)(H,27,29). The minimum atomic E-state index is -0.277. The zero-order chi connectivity index (χ0) is 20.6. The van der Waals surface area contributed by atoms with Gasteiger partial charge in [-0.25, -0.2) is 0 Å². The van der Waals surface area contributed by atoms with Crippen molar-refractivity contribution in [1.82, 2.24) is 5.32 Å². The summed E-state index contributed by atoms with van der Waals surface area (Å²) < 4.78 is 0. The highest BCUT2D eigenvalue weighted by atomic mass is 16.2. The predicted octanol–water partition coefficient (Wildman–Crippen LogP) is 3.99. The van der Waals surface area contributed by atoms with Crippen LogP contribution in [0.4, 0.5) is 0 Å². The van der Waals surface area contributed by atoms with Crippen LogP contribution in [-0.2, 0) is 17.6 Å². The molecule has 0 bridgehead atoms. The molecule has 4 heteroatoms. The Bertz CT molecular complexity index is 966. The van der Waals surface area contributed by atoms with Crippen molar-refractivity contribution in [3.63, 3.8) is 0 Å². The molecule has 0 fully saturated rings. The van der Waals surface area contributed by atoms with Crippen LogP contribution in [0.5, 0.6) is 0 Å². The van der Waals surface area contributed by atoms with Crippen molar-refractivity contribution in [2.24, 2.45) is 11.7 Å². The SMILES string of the molecule is CC(Cc1ccc(-c2cccc(CCNC(=O)c3ccccc3)c2)cc1)C(N)=O. The van der Waals surface area contributed by atoms with Crippen LogP contribution in [0.25, 0.3) is 11.1 Å². The fourth-order valence-electron chi connectivity index (χ4n) is 3.21. The van der Waals surface area contributed by atoms with E-state index in [4.69, 9.17) is 5.73 Å². The van der Waals surface area contributed by atoms with Crippen LogP contribution in [-0.4, -0.2) is 18.4 Å². The molecule has 3 aromatic carbocycles. The van der Waals surface area contributed by atoms with Gasteiger partial charge in [0.2, 0.25) is 5.91 Å². The maximum absolute atomic E-state index is 12.1. The number of nitrogens with one attached hydrogen (secondary N) is 1. The van der Waals surface area contributed by atoms with Gasteiger partial charge in [0.25, 0.3) is 5.91 Å². The lowest BCUT2D eigenvalue weighted by Crippen LogP contribution is -2.25. The molecule has 0 spiro atoms. The Hall–Kier alpha value is -3.40. The summed E-state index contributed by atoms with van der Waals surface area (Å²) in [5, 5.41) is 2.96. The normalized spacial score (nSPS) is 11.6. The van der Waals surface area contributed by atoms with Crippen LogP contribution < -0.4 is 11.1 Å². The third kappa shape index (κ3) is 5.79. The number of hydrogen-bond acceptors (Lipinski definition) is 2. The van der Waals surface area contributed by atoms with Crippen molar-refractivity contribution in [1.29, 1.82) is 0 Å². The lowest BCUT2D eigenvalue weighted by molar-refractivity contribution is -0.121. The zero-order valence-corrected chi connectivity index (χ0v) is 16.6. The molecule has 1 atom stereocenters. The number of carbonyl (C=O) groups excluding carboxylic acids is 2. The van der Waals surface area contributed by atoms with Gasteiger partial charge in [0.1, 0.15) is 0 Å². The molecular weight excluding hydrogens is 360 g/mol. The van der Waals surface area contributed by atoms with Gasteiger partial charge in [-0.2, -0.15) is 0 Å². The number of rotatable bonds is 8. The second-order valence-electron chi connectivity index (χ2n) is 7.28. The number of primary amides is 1. The van der Waals surface area contributed by atoms with Crippen molar-refractivity contribution in [3.05, 3.63) is 95.6 Å². The third-order valence-electron chi connectivity index (χ3n) is 4.98. The van der Waals surface area contributed by atoms with E-state index in [1.54, 1.807) is 0 Å². The number of amides is 2. The van der Waals surface area contributed by atoms with Gasteiger partial charge in [-0.05, 0) is 47.2 Å². The van der Waals surface area contributed by atoms with Gasteiger partial charge in [-0.3, -0.25) is 9.59 Å². The first-order valence-corrected chi connectivity index (χ1v) is 9.84. The first-order chi connectivity index (χ1) is 14.0. The van der Waals surface area contributed by atoms with E-state index in [0.717, 1.165) is 23.1 Å². The molecule has 3 rings (SSSR count). The van der Waals surface area contributed by atoms with E-state index in [1.165, 1.54) is 5.56 Å². The Morgan fingerprint density at radius 2 is 1.59 bits per heavy atom. The smallest absolute Gasteiger partial charge is 0.251 e. The molecule has 1 unspecified atom stereocenters. The fraction of sp³-hybridized carbons (Fsp3) is 0.200. The van der Waals surface area contributed by atoms with Crippen LogP contribution in [0.2, 0.25) is 0 Å². The molecule has 0 aliphatic carbocycles. The number of carbonyl (C=O) groups is 2. The molecule has 3 aromatic rings. The molecular formula is C25H26N2O2. The topological polar surface area (TPSA) is 72.2 Å². The second-order valence-corrected chi connectivity index (χ2v) is 7.28. The minimum absolute atomic E-state index is 0.0532. The van der Waals surface area contributed by atoms with Crippen LogP contribution in [0.1, 0.15) is 28.4 Å². The summed E-state index contributed by atoms with van der Waals surface area (Å²) in [6.45, 7) is 2.43. The first kappa shape index (κ1) is 20.3. The fourth-order valence-corrected chi connectivity index (χ4v) is 3.21. The molecule has 29 heavy (non-hydrogen) atoms. The molecule has 0 saturated carbocycles. The van der Waals surface area contributed by atoms with E-state index in [2.05, 4.69) is 35.6 Å². The number of benzene rings is 3. The number of nitrogens with two attached hydrogens (primary N) is 1. The summed E-state index contributed by atoms with van der Waals surface area (Å²) in [5.74, 6) is -0.501. The van der Waals surface area contributed by atoms with Crippen molar-refractivity contribution in [3.8, 4) is 11.1 Å². The summed E-state index contributed by atoms with van der Waals surface area (Å²) >= 11 is 0. The van der Waals surface area contributed by atoms with Gasteiger partial charge in [0.15, 0.2) is 0 Å². The van der Waals surface area contributed by atoms with Gasteiger partial charge in [0, 0.05) is 18.0 Å². The lowest BCUT2D eigenvalue weighted by atomic mass is 9.97. The molecule has 0 aliphatic heterocycles. The summed E-state index contributed by atoms with van der Waals surface area (Å²) in [6.07, 6.45) is 1.41. The van der Waals surface area contributed by atoms with Gasteiger partial charge in [-0.15, -0.1) is 0 Å². The van der Waals surface area contributed by atoms with Crippen LogP contribution in [0.3, 0.4) is 0 Å². The van der Waals surface area contributed by atoms with E-state index in [-0.39, 0.29) is 17.7 Å². The Kier molecular flexibility index (Phi) is 6.80. The summed E-state index contributed by atoms with van der Waals surface area (Å²) in [5.41, 5.74) is 10.5. The van der Waals surface area contributed by atoms with Crippen LogP contribution in [0, 0.1) is 5.92 Å². The Balaban J connectivity index is 1.59. The molecule has 0 saturated heterocycles. The Morgan fingerprint density at radius 3 is 2.28 bits per heavy atom. The van der Waals surface area contributed by atoms with Gasteiger partial charge < -0.3 is 11.1 Å². The monoisotopic (exact) mass is 386 g/mol. The van der Waals surface area contributed by atoms with E-state index < -0.39 is 0 Å². The third-order valence-corrected chi connectivity index (χ3v) is 4.98. The molecule has 0 aromatic heterocycles. The molecule has 0 aliphatic rings. The molecule has 0 radical (unpaired) electrons. The average Bonchev–Trinajstić information content (AvgIpc) is 2.75. The Morgan fingerprint density at radius 1 is 0.862 bits per heavy atom. The second kappa shape index (κ2) is 9.69. The highest BCUT2D eigenvalue weighted by molar-refractivity contribution is 5.94. The number of hydrogen-bond donors (Lipinski definition) is 2.